The molecule has 0 radical (unpaired) electrons. The van der Waals surface area contributed by atoms with Crippen LogP contribution in [-0.4, -0.2) is 34.8 Å². The van der Waals surface area contributed by atoms with Gasteiger partial charge in [-0.05, 0) is 42.0 Å². The molecule has 0 spiro atoms. The SMILES string of the molecule is COc1cc(/C=C2\C(=O)NC(=O)N(c3ccccc3)C2=O)cc(Cl)c1Oc1ccc([N+](=O)[O-])cc1[N+](=O)[O-]. The molecule has 4 amide bonds. The molecule has 0 unspecified atom stereocenters. The van der Waals surface area contributed by atoms with Crippen molar-refractivity contribution in [3.8, 4) is 17.2 Å². The maximum absolute atomic E-state index is 13.1. The monoisotopic (exact) mass is 538 g/mol. The highest BCUT2D eigenvalue weighted by molar-refractivity contribution is 6.39. The van der Waals surface area contributed by atoms with E-state index < -0.39 is 39.1 Å². The Hall–Kier alpha value is -5.30. The van der Waals surface area contributed by atoms with Crippen molar-refractivity contribution in [3.63, 3.8) is 0 Å². The molecule has 38 heavy (non-hydrogen) atoms. The molecule has 1 fully saturated rings. The number of urea groups is 1. The number of nitro benzene ring substituents is 2. The van der Waals surface area contributed by atoms with Crippen molar-refractivity contribution in [1.82, 2.24) is 5.32 Å². The van der Waals surface area contributed by atoms with Crippen molar-refractivity contribution >= 4 is 52.6 Å². The number of carbonyl (C=O) groups is 3. The Morgan fingerprint density at radius 3 is 2.29 bits per heavy atom. The molecule has 14 heteroatoms. The van der Waals surface area contributed by atoms with E-state index in [1.165, 1.54) is 37.5 Å². The van der Waals surface area contributed by atoms with Crippen molar-refractivity contribution in [2.75, 3.05) is 12.0 Å². The van der Waals surface area contributed by atoms with Crippen LogP contribution in [0.4, 0.5) is 21.9 Å². The lowest BCUT2D eigenvalue weighted by molar-refractivity contribution is -0.394. The first kappa shape index (κ1) is 25.8. The molecule has 0 bridgehead atoms. The molecule has 1 N–H and O–H groups in total. The summed E-state index contributed by atoms with van der Waals surface area (Å²) in [5, 5.41) is 24.4. The Labute approximate surface area is 218 Å². The van der Waals surface area contributed by atoms with Gasteiger partial charge in [0.2, 0.25) is 5.75 Å². The molecule has 1 aliphatic heterocycles. The summed E-state index contributed by atoms with van der Waals surface area (Å²) in [4.78, 5) is 59.4. The second-order valence-corrected chi connectivity index (χ2v) is 8.00. The molecule has 1 aliphatic rings. The Kier molecular flexibility index (Phi) is 7.03. The van der Waals surface area contributed by atoms with Gasteiger partial charge in [0.05, 0.1) is 33.7 Å². The minimum absolute atomic E-state index is 0.0309. The van der Waals surface area contributed by atoms with E-state index >= 15 is 0 Å². The molecule has 1 heterocycles. The molecule has 0 atom stereocenters. The van der Waals surface area contributed by atoms with E-state index in [1.807, 2.05) is 0 Å². The second kappa shape index (κ2) is 10.4. The number of benzene rings is 3. The molecule has 3 aromatic rings. The van der Waals surface area contributed by atoms with Crippen LogP contribution in [0.25, 0.3) is 6.08 Å². The average Bonchev–Trinajstić information content (AvgIpc) is 2.88. The number of nitrogens with one attached hydrogen (secondary N) is 1. The first-order valence-electron chi connectivity index (χ1n) is 10.6. The zero-order valence-electron chi connectivity index (χ0n) is 19.2. The maximum Gasteiger partial charge on any atom is 0.335 e. The predicted octanol–water partition coefficient (Wildman–Crippen LogP) is 4.62. The van der Waals surface area contributed by atoms with Gasteiger partial charge in [-0.15, -0.1) is 0 Å². The van der Waals surface area contributed by atoms with Gasteiger partial charge in [0.15, 0.2) is 11.5 Å². The van der Waals surface area contributed by atoms with E-state index in [1.54, 1.807) is 18.2 Å². The second-order valence-electron chi connectivity index (χ2n) is 7.60. The lowest BCUT2D eigenvalue weighted by atomic mass is 10.1. The topological polar surface area (TPSA) is 171 Å². The summed E-state index contributed by atoms with van der Waals surface area (Å²) in [6.07, 6.45) is 1.19. The number of non-ortho nitro benzene ring substituents is 1. The summed E-state index contributed by atoms with van der Waals surface area (Å²) in [6, 6.07) is 12.5. The standard InChI is InChI=1S/C24H15ClN4O9/c1-37-20-11-13(9-16-22(30)26-24(32)27(23(16)31)14-5-3-2-4-6-14)10-17(25)21(20)38-19-8-7-15(28(33)34)12-18(19)29(35)36/h2-12H,1H3,(H,26,30,32)/b16-9+. The van der Waals surface area contributed by atoms with Crippen LogP contribution in [0.5, 0.6) is 17.2 Å². The molecule has 0 aromatic heterocycles. The quantitative estimate of drug-likeness (QED) is 0.195. The Bertz CT molecular complexity index is 1540. The summed E-state index contributed by atoms with van der Waals surface area (Å²) in [5.74, 6) is -2.33. The summed E-state index contributed by atoms with van der Waals surface area (Å²) in [6.45, 7) is 0. The van der Waals surface area contributed by atoms with Crippen molar-refractivity contribution in [2.24, 2.45) is 0 Å². The van der Waals surface area contributed by atoms with Crippen LogP contribution >= 0.6 is 11.6 Å². The molecular formula is C24H15ClN4O9. The van der Waals surface area contributed by atoms with E-state index in [-0.39, 0.29) is 39.1 Å². The number of carbonyl (C=O) groups excluding carboxylic acids is 3. The Morgan fingerprint density at radius 1 is 0.947 bits per heavy atom. The molecule has 1 saturated heterocycles. The molecule has 0 saturated carbocycles. The third-order valence-electron chi connectivity index (χ3n) is 5.24. The predicted molar refractivity (Wildman–Crippen MR) is 133 cm³/mol. The summed E-state index contributed by atoms with van der Waals surface area (Å²) >= 11 is 6.35. The van der Waals surface area contributed by atoms with Gasteiger partial charge in [0, 0.05) is 6.07 Å². The zero-order valence-corrected chi connectivity index (χ0v) is 20.0. The number of nitro groups is 2. The number of nitrogens with zero attached hydrogens (tertiary/aromatic N) is 3. The number of anilines is 1. The molecule has 4 rings (SSSR count). The Balaban J connectivity index is 1.72. The van der Waals surface area contributed by atoms with Gasteiger partial charge in [-0.1, -0.05) is 29.8 Å². The third kappa shape index (κ3) is 4.99. The number of imide groups is 2. The van der Waals surface area contributed by atoms with Crippen molar-refractivity contribution < 1.29 is 33.7 Å². The summed E-state index contributed by atoms with van der Waals surface area (Å²) in [7, 11) is 1.26. The van der Waals surface area contributed by atoms with Gasteiger partial charge >= 0.3 is 11.7 Å². The van der Waals surface area contributed by atoms with Gasteiger partial charge in [-0.25, -0.2) is 9.69 Å². The molecular weight excluding hydrogens is 524 g/mol. The highest BCUT2D eigenvalue weighted by Gasteiger charge is 2.36. The molecule has 3 aromatic carbocycles. The van der Waals surface area contributed by atoms with E-state index in [0.29, 0.717) is 0 Å². The fourth-order valence-electron chi connectivity index (χ4n) is 3.52. The summed E-state index contributed by atoms with van der Waals surface area (Å²) < 4.78 is 10.9. The number of amides is 4. The molecule has 0 aliphatic carbocycles. The van der Waals surface area contributed by atoms with Crippen LogP contribution in [0.3, 0.4) is 0 Å². The number of ether oxygens (including phenoxy) is 2. The van der Waals surface area contributed by atoms with E-state index in [2.05, 4.69) is 5.32 Å². The highest BCUT2D eigenvalue weighted by atomic mass is 35.5. The van der Waals surface area contributed by atoms with Gasteiger partial charge in [0.1, 0.15) is 5.57 Å². The normalized spacial score (nSPS) is 14.3. The number of para-hydroxylation sites is 1. The van der Waals surface area contributed by atoms with Crippen molar-refractivity contribution in [1.29, 1.82) is 0 Å². The van der Waals surface area contributed by atoms with Crippen LogP contribution in [-0.2, 0) is 9.59 Å². The first-order valence-corrected chi connectivity index (χ1v) is 10.9. The van der Waals surface area contributed by atoms with Crippen LogP contribution in [0.15, 0.2) is 66.2 Å². The third-order valence-corrected chi connectivity index (χ3v) is 5.52. The number of methoxy groups -OCH3 is 1. The van der Waals surface area contributed by atoms with Gasteiger partial charge < -0.3 is 9.47 Å². The van der Waals surface area contributed by atoms with Crippen molar-refractivity contribution in [2.45, 2.75) is 0 Å². The number of barbiturate groups is 1. The number of hydrogen-bond acceptors (Lipinski definition) is 9. The first-order chi connectivity index (χ1) is 18.1. The number of halogens is 1. The van der Waals surface area contributed by atoms with Crippen LogP contribution in [0.1, 0.15) is 5.56 Å². The van der Waals surface area contributed by atoms with Crippen LogP contribution < -0.4 is 19.7 Å². The lowest BCUT2D eigenvalue weighted by Gasteiger charge is -2.26. The van der Waals surface area contributed by atoms with Gasteiger partial charge in [0.25, 0.3) is 17.5 Å². The van der Waals surface area contributed by atoms with E-state index in [4.69, 9.17) is 21.1 Å². The fourth-order valence-corrected chi connectivity index (χ4v) is 3.77. The Morgan fingerprint density at radius 2 is 1.66 bits per heavy atom. The number of rotatable bonds is 7. The number of hydrogen-bond donors (Lipinski definition) is 1. The van der Waals surface area contributed by atoms with Crippen LogP contribution in [0, 0.1) is 20.2 Å². The van der Waals surface area contributed by atoms with E-state index in [9.17, 15) is 34.6 Å². The highest BCUT2D eigenvalue weighted by Crippen LogP contribution is 2.43. The lowest BCUT2D eigenvalue weighted by Crippen LogP contribution is -2.54. The zero-order chi connectivity index (χ0) is 27.6. The average molecular weight is 539 g/mol. The molecule has 192 valence electrons. The van der Waals surface area contributed by atoms with Crippen molar-refractivity contribution in [3.05, 3.63) is 97.1 Å². The fraction of sp³-hybridized carbons (Fsp3) is 0.0417. The van der Waals surface area contributed by atoms with Gasteiger partial charge in [-0.3, -0.25) is 35.1 Å². The van der Waals surface area contributed by atoms with E-state index in [0.717, 1.165) is 23.1 Å². The largest absolute Gasteiger partial charge is 0.493 e. The van der Waals surface area contributed by atoms with Crippen LogP contribution in [0.2, 0.25) is 5.02 Å². The smallest absolute Gasteiger partial charge is 0.335 e. The summed E-state index contributed by atoms with van der Waals surface area (Å²) in [5.41, 5.74) is -1.11. The van der Waals surface area contributed by atoms with Gasteiger partial charge in [-0.2, -0.15) is 0 Å². The molecule has 13 nitrogen and oxygen atoms in total. The maximum atomic E-state index is 13.1. The minimum Gasteiger partial charge on any atom is -0.493 e. The minimum atomic E-state index is -0.927.